The fourth-order valence-electron chi connectivity index (χ4n) is 2.21. The Labute approximate surface area is 120 Å². The molecule has 0 aliphatic heterocycles. The van der Waals surface area contributed by atoms with E-state index in [0.717, 1.165) is 31.1 Å². The van der Waals surface area contributed by atoms with E-state index in [1.54, 1.807) is 0 Å². The molecular weight excluding hydrogens is 253 g/mol. The first-order valence-corrected chi connectivity index (χ1v) is 7.33. The van der Waals surface area contributed by atoms with E-state index < -0.39 is 0 Å². The molecule has 20 heavy (non-hydrogen) atoms. The Morgan fingerprint density at radius 3 is 2.85 bits per heavy atom. The van der Waals surface area contributed by atoms with Gasteiger partial charge in [-0.1, -0.05) is 24.8 Å². The summed E-state index contributed by atoms with van der Waals surface area (Å²) < 4.78 is 13.7. The average Bonchev–Trinajstić information content (AvgIpc) is 3.25. The van der Waals surface area contributed by atoms with Crippen LogP contribution >= 0.6 is 0 Å². The van der Waals surface area contributed by atoms with Gasteiger partial charge in [0.05, 0.1) is 12.2 Å². The Hall–Kier alpha value is -1.37. The van der Waals surface area contributed by atoms with Gasteiger partial charge in [0, 0.05) is 19.5 Å². The van der Waals surface area contributed by atoms with E-state index in [1.165, 1.54) is 18.9 Å². The molecule has 1 aliphatic rings. The summed E-state index contributed by atoms with van der Waals surface area (Å²) in [6.07, 6.45) is 3.07. The van der Waals surface area contributed by atoms with Crippen molar-refractivity contribution in [2.75, 3.05) is 19.7 Å². The van der Waals surface area contributed by atoms with E-state index in [-0.39, 0.29) is 12.4 Å². The minimum Gasteiger partial charge on any atom is -0.395 e. The number of aliphatic hydroxyl groups is 1. The molecule has 0 spiro atoms. The second-order valence-electron chi connectivity index (χ2n) is 5.36. The van der Waals surface area contributed by atoms with Crippen LogP contribution in [0.3, 0.4) is 0 Å². The van der Waals surface area contributed by atoms with Crippen molar-refractivity contribution in [2.24, 2.45) is 5.92 Å². The van der Waals surface area contributed by atoms with Crippen LogP contribution in [0.25, 0.3) is 0 Å². The van der Waals surface area contributed by atoms with Crippen LogP contribution in [0.15, 0.2) is 18.2 Å². The third-order valence-electron chi connectivity index (χ3n) is 3.56. The summed E-state index contributed by atoms with van der Waals surface area (Å²) >= 11 is 0. The van der Waals surface area contributed by atoms with E-state index in [2.05, 4.69) is 23.7 Å². The van der Waals surface area contributed by atoms with Gasteiger partial charge in [0.2, 0.25) is 0 Å². The Morgan fingerprint density at radius 2 is 2.20 bits per heavy atom. The summed E-state index contributed by atoms with van der Waals surface area (Å²) in [5.74, 6) is 6.14. The van der Waals surface area contributed by atoms with Gasteiger partial charge < -0.3 is 5.11 Å². The molecule has 0 saturated heterocycles. The fourth-order valence-corrected chi connectivity index (χ4v) is 2.21. The normalized spacial score (nSPS) is 14.2. The third-order valence-corrected chi connectivity index (χ3v) is 3.56. The molecule has 1 fully saturated rings. The highest BCUT2D eigenvalue weighted by molar-refractivity contribution is 5.38. The minimum atomic E-state index is -0.288. The van der Waals surface area contributed by atoms with Crippen molar-refractivity contribution in [1.29, 1.82) is 0 Å². The van der Waals surface area contributed by atoms with Crippen molar-refractivity contribution < 1.29 is 9.50 Å². The molecule has 108 valence electrons. The lowest BCUT2D eigenvalue weighted by Gasteiger charge is -2.20. The van der Waals surface area contributed by atoms with E-state index in [4.69, 9.17) is 5.11 Å². The van der Waals surface area contributed by atoms with E-state index in [0.29, 0.717) is 12.0 Å². The maximum absolute atomic E-state index is 13.7. The highest BCUT2D eigenvalue weighted by atomic mass is 19.1. The Bertz CT molecular complexity index is 499. The number of rotatable bonds is 6. The standard InChI is InChI=1S/C17H22FNO/c1-2-19(12-14-6-7-14)13-15-8-9-17(18)16(11-15)5-3-4-10-20/h8-9,11,14,20H,2,4,6-7,10,12-13H2,1H3. The van der Waals surface area contributed by atoms with Crippen molar-refractivity contribution in [3.05, 3.63) is 35.1 Å². The SMILES string of the molecule is CCN(Cc1ccc(F)c(C#CCCO)c1)CC1CC1. The van der Waals surface area contributed by atoms with Crippen LogP contribution < -0.4 is 0 Å². The van der Waals surface area contributed by atoms with Crippen LogP contribution in [-0.4, -0.2) is 29.7 Å². The molecule has 0 radical (unpaired) electrons. The molecular formula is C17H22FNO. The molecule has 1 N–H and O–H groups in total. The van der Waals surface area contributed by atoms with Crippen molar-refractivity contribution in [3.8, 4) is 11.8 Å². The van der Waals surface area contributed by atoms with E-state index in [1.807, 2.05) is 12.1 Å². The second kappa shape index (κ2) is 7.42. The number of benzene rings is 1. The zero-order valence-electron chi connectivity index (χ0n) is 12.0. The van der Waals surface area contributed by atoms with E-state index >= 15 is 0 Å². The van der Waals surface area contributed by atoms with Gasteiger partial charge in [-0.3, -0.25) is 4.90 Å². The van der Waals surface area contributed by atoms with Crippen molar-refractivity contribution in [1.82, 2.24) is 4.90 Å². The largest absolute Gasteiger partial charge is 0.395 e. The van der Waals surface area contributed by atoms with Crippen LogP contribution in [0.5, 0.6) is 0 Å². The number of hydrogen-bond acceptors (Lipinski definition) is 2. The molecule has 1 aliphatic carbocycles. The Morgan fingerprint density at radius 1 is 1.40 bits per heavy atom. The molecule has 3 heteroatoms. The molecule has 0 unspecified atom stereocenters. The van der Waals surface area contributed by atoms with Crippen LogP contribution in [0.1, 0.15) is 37.3 Å². The van der Waals surface area contributed by atoms with Crippen LogP contribution in [0.4, 0.5) is 4.39 Å². The van der Waals surface area contributed by atoms with Crippen molar-refractivity contribution in [3.63, 3.8) is 0 Å². The second-order valence-corrected chi connectivity index (χ2v) is 5.36. The lowest BCUT2D eigenvalue weighted by Crippen LogP contribution is -2.25. The predicted octanol–water partition coefficient (Wildman–Crippen LogP) is 2.79. The first kappa shape index (κ1) is 15.0. The first-order chi connectivity index (χ1) is 9.72. The topological polar surface area (TPSA) is 23.5 Å². The van der Waals surface area contributed by atoms with Crippen LogP contribution in [0, 0.1) is 23.6 Å². The number of hydrogen-bond donors (Lipinski definition) is 1. The van der Waals surface area contributed by atoms with Gasteiger partial charge in [-0.05, 0) is 43.0 Å². The zero-order chi connectivity index (χ0) is 14.4. The summed E-state index contributed by atoms with van der Waals surface area (Å²) in [5, 5.41) is 8.71. The summed E-state index contributed by atoms with van der Waals surface area (Å²) in [5.41, 5.74) is 1.53. The summed E-state index contributed by atoms with van der Waals surface area (Å²) in [6.45, 7) is 5.17. The highest BCUT2D eigenvalue weighted by Gasteiger charge is 2.23. The smallest absolute Gasteiger partial charge is 0.138 e. The fraction of sp³-hybridized carbons (Fsp3) is 0.529. The average molecular weight is 275 g/mol. The van der Waals surface area contributed by atoms with Gasteiger partial charge >= 0.3 is 0 Å². The minimum absolute atomic E-state index is 0.0132. The molecule has 0 atom stereocenters. The van der Waals surface area contributed by atoms with Crippen LogP contribution in [0.2, 0.25) is 0 Å². The monoisotopic (exact) mass is 275 g/mol. The Kier molecular flexibility index (Phi) is 5.58. The summed E-state index contributed by atoms with van der Waals surface area (Å²) in [4.78, 5) is 2.40. The van der Waals surface area contributed by atoms with Crippen LogP contribution in [-0.2, 0) is 6.54 Å². The molecule has 2 nitrogen and oxygen atoms in total. The molecule has 0 heterocycles. The zero-order valence-corrected chi connectivity index (χ0v) is 12.0. The first-order valence-electron chi connectivity index (χ1n) is 7.33. The van der Waals surface area contributed by atoms with Gasteiger partial charge in [-0.15, -0.1) is 0 Å². The van der Waals surface area contributed by atoms with Gasteiger partial charge in [0.15, 0.2) is 0 Å². The van der Waals surface area contributed by atoms with Gasteiger partial charge in [0.25, 0.3) is 0 Å². The molecule has 1 aromatic carbocycles. The third kappa shape index (κ3) is 4.63. The molecule has 0 aromatic heterocycles. The van der Waals surface area contributed by atoms with Gasteiger partial charge in [0.1, 0.15) is 5.82 Å². The quantitative estimate of drug-likeness (QED) is 0.807. The lowest BCUT2D eigenvalue weighted by molar-refractivity contribution is 0.268. The number of nitrogens with zero attached hydrogens (tertiary/aromatic N) is 1. The molecule has 1 saturated carbocycles. The molecule has 0 amide bonds. The summed E-state index contributed by atoms with van der Waals surface area (Å²) in [7, 11) is 0. The van der Waals surface area contributed by atoms with Crippen molar-refractivity contribution in [2.45, 2.75) is 32.7 Å². The Balaban J connectivity index is 2.03. The molecule has 0 bridgehead atoms. The maximum atomic E-state index is 13.7. The molecule has 1 aromatic rings. The van der Waals surface area contributed by atoms with Gasteiger partial charge in [-0.2, -0.15) is 0 Å². The van der Waals surface area contributed by atoms with Crippen molar-refractivity contribution >= 4 is 0 Å². The van der Waals surface area contributed by atoms with Gasteiger partial charge in [-0.25, -0.2) is 4.39 Å². The number of aliphatic hydroxyl groups excluding tert-OH is 1. The predicted molar refractivity (Wildman–Crippen MR) is 78.7 cm³/mol. The summed E-state index contributed by atoms with van der Waals surface area (Å²) in [6, 6.07) is 5.15. The maximum Gasteiger partial charge on any atom is 0.138 e. The highest BCUT2D eigenvalue weighted by Crippen LogP contribution is 2.30. The van der Waals surface area contributed by atoms with E-state index in [9.17, 15) is 4.39 Å². The lowest BCUT2D eigenvalue weighted by atomic mass is 10.1. The number of halogens is 1. The molecule has 2 rings (SSSR count).